The molecule has 0 bridgehead atoms. The third kappa shape index (κ3) is 3.95. The van der Waals surface area contributed by atoms with Crippen molar-refractivity contribution in [3.63, 3.8) is 0 Å². The predicted molar refractivity (Wildman–Crippen MR) is 95.7 cm³/mol. The molecule has 2 aliphatic heterocycles. The van der Waals surface area contributed by atoms with Crippen LogP contribution < -0.4 is 5.32 Å². The lowest BCUT2D eigenvalue weighted by atomic mass is 10.2. The summed E-state index contributed by atoms with van der Waals surface area (Å²) in [4.78, 5) is 18.2. The maximum Gasteiger partial charge on any atom is 0.246 e. The summed E-state index contributed by atoms with van der Waals surface area (Å²) in [6.45, 7) is 4.28. The van der Waals surface area contributed by atoms with Gasteiger partial charge in [-0.05, 0) is 31.4 Å². The van der Waals surface area contributed by atoms with Gasteiger partial charge in [-0.3, -0.25) is 4.79 Å². The molecule has 2 fully saturated rings. The minimum atomic E-state index is -3.54. The van der Waals surface area contributed by atoms with E-state index in [0.29, 0.717) is 38.4 Å². The zero-order chi connectivity index (χ0) is 17.9. The Balaban J connectivity index is 1.76. The molecule has 0 spiro atoms. The van der Waals surface area contributed by atoms with Gasteiger partial charge in [-0.1, -0.05) is 13.3 Å². The van der Waals surface area contributed by atoms with Crippen molar-refractivity contribution in [1.82, 2.24) is 14.2 Å². The molecule has 0 aliphatic carbocycles. The average molecular weight is 366 g/mol. The normalized spacial score (nSPS) is 22.1. The first-order valence-corrected chi connectivity index (χ1v) is 10.5. The number of hydrogen-bond donors (Lipinski definition) is 1. The van der Waals surface area contributed by atoms with Crippen molar-refractivity contribution in [2.24, 2.45) is 0 Å². The number of carbonyl (C=O) groups excluding carboxylic acids is 1. The van der Waals surface area contributed by atoms with E-state index in [2.05, 4.69) is 10.3 Å². The Kier molecular flexibility index (Phi) is 5.58. The van der Waals surface area contributed by atoms with Crippen molar-refractivity contribution < 1.29 is 13.2 Å². The molecule has 1 unspecified atom stereocenters. The number of aromatic nitrogens is 1. The zero-order valence-corrected chi connectivity index (χ0v) is 15.5. The second-order valence-electron chi connectivity index (χ2n) is 6.64. The Morgan fingerprint density at radius 3 is 2.76 bits per heavy atom. The van der Waals surface area contributed by atoms with Crippen LogP contribution in [0.1, 0.15) is 39.0 Å². The topological polar surface area (TPSA) is 82.6 Å². The fourth-order valence-corrected chi connectivity index (χ4v) is 5.10. The fourth-order valence-electron chi connectivity index (χ4n) is 3.47. The van der Waals surface area contributed by atoms with Crippen LogP contribution in [-0.2, 0) is 14.8 Å². The minimum absolute atomic E-state index is 0.0284. The number of anilines is 1. The van der Waals surface area contributed by atoms with Crippen molar-refractivity contribution in [3.8, 4) is 0 Å². The number of rotatable bonds is 5. The Labute approximate surface area is 149 Å². The zero-order valence-electron chi connectivity index (χ0n) is 14.6. The molecule has 1 aromatic rings. The molecule has 2 saturated heterocycles. The van der Waals surface area contributed by atoms with Crippen LogP contribution in [0, 0.1) is 0 Å². The van der Waals surface area contributed by atoms with Gasteiger partial charge in [0.1, 0.15) is 10.7 Å². The summed E-state index contributed by atoms with van der Waals surface area (Å²) in [7, 11) is -3.54. The van der Waals surface area contributed by atoms with Gasteiger partial charge < -0.3 is 10.2 Å². The van der Waals surface area contributed by atoms with Crippen LogP contribution in [0.2, 0.25) is 0 Å². The highest BCUT2D eigenvalue weighted by atomic mass is 32.2. The third-order valence-electron chi connectivity index (χ3n) is 4.89. The number of nitrogens with zero attached hydrogens (tertiary/aromatic N) is 3. The summed E-state index contributed by atoms with van der Waals surface area (Å²) in [6, 6.07) is 3.30. The highest BCUT2D eigenvalue weighted by Crippen LogP contribution is 2.26. The van der Waals surface area contributed by atoms with Crippen molar-refractivity contribution in [3.05, 3.63) is 18.3 Å². The quantitative estimate of drug-likeness (QED) is 0.857. The van der Waals surface area contributed by atoms with Gasteiger partial charge in [0, 0.05) is 44.8 Å². The summed E-state index contributed by atoms with van der Waals surface area (Å²) < 4.78 is 27.5. The maximum absolute atomic E-state index is 13.0. The van der Waals surface area contributed by atoms with E-state index in [-0.39, 0.29) is 16.8 Å². The second-order valence-corrected chi connectivity index (χ2v) is 8.54. The Morgan fingerprint density at radius 2 is 2.04 bits per heavy atom. The van der Waals surface area contributed by atoms with Gasteiger partial charge in [0.05, 0.1) is 0 Å². The predicted octanol–water partition coefficient (Wildman–Crippen LogP) is 1.68. The SMILES string of the molecule is CCC(=O)N1CCC(Nc2ncccc2S(=O)(=O)N2CCCCC2)C1. The number of hydrogen-bond acceptors (Lipinski definition) is 5. The van der Waals surface area contributed by atoms with Gasteiger partial charge in [-0.25, -0.2) is 13.4 Å². The molecule has 0 radical (unpaired) electrons. The summed E-state index contributed by atoms with van der Waals surface area (Å²) >= 11 is 0. The minimum Gasteiger partial charge on any atom is -0.364 e. The molecule has 2 aliphatic rings. The van der Waals surface area contributed by atoms with Crippen molar-refractivity contribution in [2.75, 3.05) is 31.5 Å². The van der Waals surface area contributed by atoms with Crippen LogP contribution in [0.3, 0.4) is 0 Å². The standard InChI is InChI=1S/C17H26N4O3S/c1-2-16(22)20-12-8-14(13-20)19-17-15(7-6-9-18-17)25(23,24)21-10-4-3-5-11-21/h6-7,9,14H,2-5,8,10-13H2,1H3,(H,18,19). The molecule has 0 aromatic carbocycles. The monoisotopic (exact) mass is 366 g/mol. The first-order valence-electron chi connectivity index (χ1n) is 9.02. The van der Waals surface area contributed by atoms with Crippen LogP contribution in [0.15, 0.2) is 23.2 Å². The highest BCUT2D eigenvalue weighted by Gasteiger charge is 2.31. The van der Waals surface area contributed by atoms with E-state index in [4.69, 9.17) is 0 Å². The number of amides is 1. The lowest BCUT2D eigenvalue weighted by molar-refractivity contribution is -0.129. The molecular formula is C17H26N4O3S. The lowest BCUT2D eigenvalue weighted by Gasteiger charge is -2.27. The summed E-state index contributed by atoms with van der Waals surface area (Å²) in [5.41, 5.74) is 0. The summed E-state index contributed by atoms with van der Waals surface area (Å²) in [5, 5.41) is 3.25. The van der Waals surface area contributed by atoms with E-state index in [1.165, 1.54) is 0 Å². The van der Waals surface area contributed by atoms with Crippen LogP contribution in [0.5, 0.6) is 0 Å². The van der Waals surface area contributed by atoms with Crippen molar-refractivity contribution in [1.29, 1.82) is 0 Å². The third-order valence-corrected chi connectivity index (χ3v) is 6.82. The first-order chi connectivity index (χ1) is 12.0. The molecule has 7 nitrogen and oxygen atoms in total. The van der Waals surface area contributed by atoms with Crippen LogP contribution in [0.4, 0.5) is 5.82 Å². The number of piperidine rings is 1. The van der Waals surface area contributed by atoms with E-state index in [1.54, 1.807) is 22.6 Å². The molecule has 0 saturated carbocycles. The molecule has 8 heteroatoms. The molecule has 138 valence electrons. The summed E-state index contributed by atoms with van der Waals surface area (Å²) in [6.07, 6.45) is 5.77. The van der Waals surface area contributed by atoms with Gasteiger partial charge in [0.15, 0.2) is 0 Å². The van der Waals surface area contributed by atoms with Crippen molar-refractivity contribution >= 4 is 21.7 Å². The largest absolute Gasteiger partial charge is 0.364 e. The highest BCUT2D eigenvalue weighted by molar-refractivity contribution is 7.89. The average Bonchev–Trinajstić information content (AvgIpc) is 3.10. The Hall–Kier alpha value is -1.67. The van der Waals surface area contributed by atoms with E-state index >= 15 is 0 Å². The molecule has 3 heterocycles. The number of likely N-dealkylation sites (tertiary alicyclic amines) is 1. The molecule has 1 aromatic heterocycles. The van der Waals surface area contributed by atoms with E-state index in [9.17, 15) is 13.2 Å². The molecular weight excluding hydrogens is 340 g/mol. The van der Waals surface area contributed by atoms with Crippen LogP contribution >= 0.6 is 0 Å². The number of nitrogens with one attached hydrogen (secondary N) is 1. The van der Waals surface area contributed by atoms with Gasteiger partial charge in [-0.2, -0.15) is 4.31 Å². The fraction of sp³-hybridized carbons (Fsp3) is 0.647. The van der Waals surface area contributed by atoms with Gasteiger partial charge in [0.2, 0.25) is 15.9 Å². The van der Waals surface area contributed by atoms with Gasteiger partial charge in [-0.15, -0.1) is 0 Å². The smallest absolute Gasteiger partial charge is 0.246 e. The molecule has 3 rings (SSSR count). The first kappa shape index (κ1) is 18.1. The van der Waals surface area contributed by atoms with Gasteiger partial charge >= 0.3 is 0 Å². The van der Waals surface area contributed by atoms with E-state index in [1.807, 2.05) is 11.8 Å². The number of carbonyl (C=O) groups is 1. The molecule has 1 amide bonds. The summed E-state index contributed by atoms with van der Waals surface area (Å²) in [5.74, 6) is 0.523. The van der Waals surface area contributed by atoms with E-state index < -0.39 is 10.0 Å². The molecule has 25 heavy (non-hydrogen) atoms. The second kappa shape index (κ2) is 7.70. The number of sulfonamides is 1. The Bertz CT molecular complexity index is 716. The Morgan fingerprint density at radius 1 is 1.28 bits per heavy atom. The van der Waals surface area contributed by atoms with Crippen LogP contribution in [-0.4, -0.2) is 60.7 Å². The van der Waals surface area contributed by atoms with Gasteiger partial charge in [0.25, 0.3) is 0 Å². The van der Waals surface area contributed by atoms with Crippen LogP contribution in [0.25, 0.3) is 0 Å². The molecule has 1 atom stereocenters. The molecule has 1 N–H and O–H groups in total. The van der Waals surface area contributed by atoms with E-state index in [0.717, 1.165) is 25.7 Å². The number of pyridine rings is 1. The maximum atomic E-state index is 13.0. The lowest BCUT2D eigenvalue weighted by Crippen LogP contribution is -2.36. The van der Waals surface area contributed by atoms with Crippen molar-refractivity contribution in [2.45, 2.75) is 50.0 Å².